The van der Waals surface area contributed by atoms with Crippen molar-refractivity contribution in [3.05, 3.63) is 47.2 Å². The molecule has 114 valence electrons. The van der Waals surface area contributed by atoms with Crippen molar-refractivity contribution in [2.24, 2.45) is 0 Å². The van der Waals surface area contributed by atoms with Gasteiger partial charge in [0.25, 0.3) is 0 Å². The number of nitriles is 1. The Kier molecular flexibility index (Phi) is 3.32. The predicted molar refractivity (Wildman–Crippen MR) is 74.2 cm³/mol. The zero-order chi connectivity index (χ0) is 15.9. The zero-order valence-corrected chi connectivity index (χ0v) is 11.7. The topological polar surface area (TPSA) is 53.6 Å². The van der Waals surface area contributed by atoms with Crippen LogP contribution in [0.5, 0.6) is 0 Å². The van der Waals surface area contributed by atoms with Gasteiger partial charge in [-0.15, -0.1) is 0 Å². The molecule has 2 heterocycles. The first-order valence-corrected chi connectivity index (χ1v) is 6.81. The number of alkyl halides is 3. The lowest BCUT2D eigenvalue weighted by atomic mass is 9.96. The van der Waals surface area contributed by atoms with Gasteiger partial charge in [-0.1, -0.05) is 12.1 Å². The van der Waals surface area contributed by atoms with Crippen molar-refractivity contribution < 1.29 is 13.2 Å². The van der Waals surface area contributed by atoms with Crippen LogP contribution >= 0.6 is 0 Å². The van der Waals surface area contributed by atoms with Crippen molar-refractivity contribution >= 4 is 5.82 Å². The van der Waals surface area contributed by atoms with Gasteiger partial charge in [-0.05, 0) is 31.0 Å². The van der Waals surface area contributed by atoms with Crippen LogP contribution in [0.25, 0.3) is 0 Å². The van der Waals surface area contributed by atoms with Gasteiger partial charge < -0.3 is 5.32 Å². The van der Waals surface area contributed by atoms with Gasteiger partial charge in [0.2, 0.25) is 0 Å². The van der Waals surface area contributed by atoms with E-state index in [1.165, 1.54) is 12.3 Å². The summed E-state index contributed by atoms with van der Waals surface area (Å²) in [7, 11) is 0. The van der Waals surface area contributed by atoms with Gasteiger partial charge in [-0.3, -0.25) is 0 Å². The van der Waals surface area contributed by atoms with Gasteiger partial charge in [0.05, 0.1) is 17.8 Å². The van der Waals surface area contributed by atoms with Crippen LogP contribution in [0.3, 0.4) is 0 Å². The summed E-state index contributed by atoms with van der Waals surface area (Å²) in [5.41, 5.74) is 0.255. The Bertz CT molecular complexity index is 742. The second kappa shape index (κ2) is 5.05. The summed E-state index contributed by atoms with van der Waals surface area (Å²) in [6.45, 7) is 1.93. The van der Waals surface area contributed by atoms with Crippen molar-refractivity contribution in [2.45, 2.75) is 31.6 Å². The maximum Gasteiger partial charge on any atom is 0.416 e. The van der Waals surface area contributed by atoms with Crippen LogP contribution in [0.2, 0.25) is 0 Å². The second-order valence-corrected chi connectivity index (χ2v) is 5.38. The van der Waals surface area contributed by atoms with E-state index in [1.54, 1.807) is 10.7 Å². The van der Waals surface area contributed by atoms with Crippen molar-refractivity contribution in [3.63, 3.8) is 0 Å². The summed E-state index contributed by atoms with van der Waals surface area (Å²) in [6.07, 6.45) is -2.35. The number of nitrogens with one attached hydrogen (secondary N) is 1. The van der Waals surface area contributed by atoms with E-state index in [1.807, 2.05) is 13.0 Å². The fraction of sp³-hybridized carbons (Fsp3) is 0.333. The molecule has 1 aliphatic heterocycles. The lowest BCUT2D eigenvalue weighted by molar-refractivity contribution is -0.137. The lowest BCUT2D eigenvalue weighted by Gasteiger charge is -2.31. The Labute approximate surface area is 125 Å². The van der Waals surface area contributed by atoms with Crippen LogP contribution in [-0.4, -0.2) is 15.8 Å². The highest BCUT2D eigenvalue weighted by Crippen LogP contribution is 2.36. The fourth-order valence-electron chi connectivity index (χ4n) is 2.75. The molecule has 1 aromatic heterocycles. The number of benzene rings is 1. The maximum absolute atomic E-state index is 12.9. The number of aromatic nitrogens is 2. The third kappa shape index (κ3) is 2.41. The molecule has 22 heavy (non-hydrogen) atoms. The van der Waals surface area contributed by atoms with Crippen LogP contribution in [-0.2, 0) is 6.18 Å². The van der Waals surface area contributed by atoms with Crippen molar-refractivity contribution in [2.75, 3.05) is 5.32 Å². The molecule has 0 bridgehead atoms. The average Bonchev–Trinajstić information content (AvgIpc) is 2.88. The normalized spacial score (nSPS) is 20.9. The van der Waals surface area contributed by atoms with E-state index in [0.29, 0.717) is 23.4 Å². The molecule has 2 unspecified atom stereocenters. The van der Waals surface area contributed by atoms with E-state index in [9.17, 15) is 13.2 Å². The van der Waals surface area contributed by atoms with Crippen LogP contribution in [0.15, 0.2) is 30.5 Å². The first-order chi connectivity index (χ1) is 10.4. The molecule has 1 aliphatic rings. The van der Waals surface area contributed by atoms with Crippen LogP contribution < -0.4 is 5.32 Å². The van der Waals surface area contributed by atoms with Gasteiger partial charge in [0, 0.05) is 6.04 Å². The van der Waals surface area contributed by atoms with Crippen LogP contribution in [0.1, 0.15) is 36.1 Å². The van der Waals surface area contributed by atoms with Crippen LogP contribution in [0, 0.1) is 11.3 Å². The molecular formula is C15H13F3N4. The lowest BCUT2D eigenvalue weighted by Crippen LogP contribution is -2.31. The number of anilines is 1. The molecule has 1 N–H and O–H groups in total. The van der Waals surface area contributed by atoms with E-state index in [0.717, 1.165) is 12.1 Å². The highest BCUT2D eigenvalue weighted by atomic mass is 19.4. The fourth-order valence-corrected chi connectivity index (χ4v) is 2.75. The average molecular weight is 306 g/mol. The van der Waals surface area contributed by atoms with Gasteiger partial charge in [-0.2, -0.15) is 23.5 Å². The highest BCUT2D eigenvalue weighted by molar-refractivity contribution is 5.54. The molecule has 4 nitrogen and oxygen atoms in total. The second-order valence-electron chi connectivity index (χ2n) is 5.38. The van der Waals surface area contributed by atoms with Gasteiger partial charge in [0.15, 0.2) is 0 Å². The van der Waals surface area contributed by atoms with Gasteiger partial charge in [0.1, 0.15) is 17.5 Å². The number of hydrogen-bond donors (Lipinski definition) is 1. The first kappa shape index (κ1) is 14.4. The quantitative estimate of drug-likeness (QED) is 0.876. The van der Waals surface area contributed by atoms with E-state index in [2.05, 4.69) is 10.4 Å². The number of nitrogens with zero attached hydrogens (tertiary/aromatic N) is 3. The minimum atomic E-state index is -4.38. The zero-order valence-electron chi connectivity index (χ0n) is 11.7. The van der Waals surface area contributed by atoms with E-state index in [-0.39, 0.29) is 12.1 Å². The SMILES string of the molecule is CC1CC(c2cccc(C(F)(F)F)c2)n2ncc(C#N)c2N1. The Balaban J connectivity index is 2.07. The Hall–Kier alpha value is -2.49. The molecule has 0 radical (unpaired) electrons. The molecule has 2 aromatic rings. The summed E-state index contributed by atoms with van der Waals surface area (Å²) in [4.78, 5) is 0. The molecule has 2 atom stereocenters. The van der Waals surface area contributed by atoms with Crippen LogP contribution in [0.4, 0.5) is 19.0 Å². The summed E-state index contributed by atoms with van der Waals surface area (Å²) >= 11 is 0. The van der Waals surface area contributed by atoms with Crippen molar-refractivity contribution in [1.29, 1.82) is 5.26 Å². The largest absolute Gasteiger partial charge is 0.416 e. The Morgan fingerprint density at radius 3 is 2.86 bits per heavy atom. The Morgan fingerprint density at radius 2 is 2.18 bits per heavy atom. The summed E-state index contributed by atoms with van der Waals surface area (Å²) in [5.74, 6) is 0.559. The first-order valence-electron chi connectivity index (χ1n) is 6.81. The minimum Gasteiger partial charge on any atom is -0.367 e. The monoisotopic (exact) mass is 306 g/mol. The summed E-state index contributed by atoms with van der Waals surface area (Å²) in [5, 5.41) is 16.4. The molecule has 0 amide bonds. The molecule has 0 saturated heterocycles. The highest BCUT2D eigenvalue weighted by Gasteiger charge is 2.33. The molecular weight excluding hydrogens is 293 g/mol. The smallest absolute Gasteiger partial charge is 0.367 e. The Morgan fingerprint density at radius 1 is 1.41 bits per heavy atom. The minimum absolute atomic E-state index is 0.0378. The van der Waals surface area contributed by atoms with Crippen molar-refractivity contribution in [3.8, 4) is 6.07 Å². The summed E-state index contributed by atoms with van der Waals surface area (Å²) < 4.78 is 40.3. The number of halogens is 3. The number of hydrogen-bond acceptors (Lipinski definition) is 3. The summed E-state index contributed by atoms with van der Waals surface area (Å²) in [6, 6.07) is 7.02. The standard InChI is InChI=1S/C15H13F3N4/c1-9-5-13(22-14(21-9)11(7-19)8-20-22)10-3-2-4-12(6-10)15(16,17)18/h2-4,6,8-9,13,21H,5H2,1H3. The third-order valence-corrected chi connectivity index (χ3v) is 3.77. The van der Waals surface area contributed by atoms with Gasteiger partial charge in [-0.25, -0.2) is 4.68 Å². The molecule has 1 aromatic carbocycles. The van der Waals surface area contributed by atoms with E-state index < -0.39 is 11.7 Å². The molecule has 7 heteroatoms. The van der Waals surface area contributed by atoms with Crippen molar-refractivity contribution in [1.82, 2.24) is 9.78 Å². The molecule has 0 saturated carbocycles. The molecule has 0 spiro atoms. The maximum atomic E-state index is 12.9. The molecule has 0 fully saturated rings. The molecule has 0 aliphatic carbocycles. The third-order valence-electron chi connectivity index (χ3n) is 3.77. The molecule has 3 rings (SSSR count). The predicted octanol–water partition coefficient (Wildman–Crippen LogP) is 3.57. The number of rotatable bonds is 1. The van der Waals surface area contributed by atoms with E-state index >= 15 is 0 Å². The van der Waals surface area contributed by atoms with Gasteiger partial charge >= 0.3 is 6.18 Å². The number of fused-ring (bicyclic) bond motifs is 1. The van der Waals surface area contributed by atoms with E-state index in [4.69, 9.17) is 5.26 Å².